The van der Waals surface area contributed by atoms with Crippen LogP contribution < -0.4 is 0 Å². The molecule has 4 heteroatoms. The molecule has 0 N–H and O–H groups in total. The summed E-state index contributed by atoms with van der Waals surface area (Å²) in [5.41, 5.74) is 3.12. The van der Waals surface area contributed by atoms with Crippen LogP contribution in [0.2, 0.25) is 0 Å². The number of ether oxygens (including phenoxy) is 1. The molecule has 23 heavy (non-hydrogen) atoms. The highest BCUT2D eigenvalue weighted by Crippen LogP contribution is 2.24. The lowest BCUT2D eigenvalue weighted by molar-refractivity contribution is 0.00359. The molecule has 0 radical (unpaired) electrons. The summed E-state index contributed by atoms with van der Waals surface area (Å²) in [6.45, 7) is 3.79. The van der Waals surface area contributed by atoms with Crippen LogP contribution in [0.3, 0.4) is 0 Å². The lowest BCUT2D eigenvalue weighted by Gasteiger charge is -2.33. The minimum atomic E-state index is 0.0286. The van der Waals surface area contributed by atoms with Gasteiger partial charge in [-0.3, -0.25) is 4.79 Å². The van der Waals surface area contributed by atoms with E-state index in [2.05, 4.69) is 6.07 Å². The number of nitriles is 1. The van der Waals surface area contributed by atoms with E-state index in [0.717, 1.165) is 11.1 Å². The predicted molar refractivity (Wildman–Crippen MR) is 87.9 cm³/mol. The number of benzene rings is 2. The first-order valence-electron chi connectivity index (χ1n) is 7.69. The molecule has 3 rings (SSSR count). The van der Waals surface area contributed by atoms with Gasteiger partial charge in [-0.25, -0.2) is 0 Å². The van der Waals surface area contributed by atoms with Crippen LogP contribution in [0.4, 0.5) is 0 Å². The Balaban J connectivity index is 1.85. The molecule has 1 heterocycles. The Morgan fingerprint density at radius 1 is 1.22 bits per heavy atom. The van der Waals surface area contributed by atoms with Gasteiger partial charge in [0.1, 0.15) is 0 Å². The van der Waals surface area contributed by atoms with Crippen molar-refractivity contribution in [3.05, 3.63) is 59.7 Å². The van der Waals surface area contributed by atoms with Crippen LogP contribution in [0, 0.1) is 11.3 Å². The average molecular weight is 306 g/mol. The van der Waals surface area contributed by atoms with E-state index in [4.69, 9.17) is 4.74 Å². The van der Waals surface area contributed by atoms with Gasteiger partial charge in [0.2, 0.25) is 0 Å². The molecule has 1 fully saturated rings. The molecule has 2 aromatic rings. The van der Waals surface area contributed by atoms with E-state index in [1.54, 1.807) is 6.07 Å². The minimum absolute atomic E-state index is 0.0286. The maximum absolute atomic E-state index is 12.6. The quantitative estimate of drug-likeness (QED) is 0.856. The van der Waals surface area contributed by atoms with Gasteiger partial charge in [-0.1, -0.05) is 30.3 Å². The largest absolute Gasteiger partial charge is 0.377 e. The molecule has 1 aliphatic heterocycles. The molecule has 2 aromatic carbocycles. The number of carbonyl (C=O) groups is 1. The fraction of sp³-hybridized carbons (Fsp3) is 0.263. The Bertz CT molecular complexity index is 747. The number of hydrogen-bond acceptors (Lipinski definition) is 3. The summed E-state index contributed by atoms with van der Waals surface area (Å²) in [7, 11) is 0. The number of amides is 1. The van der Waals surface area contributed by atoms with E-state index in [1.807, 2.05) is 54.3 Å². The smallest absolute Gasteiger partial charge is 0.254 e. The second-order valence-corrected chi connectivity index (χ2v) is 5.66. The van der Waals surface area contributed by atoms with Crippen LogP contribution >= 0.6 is 0 Å². The van der Waals surface area contributed by atoms with E-state index in [9.17, 15) is 10.1 Å². The molecule has 1 saturated heterocycles. The molecule has 1 amide bonds. The summed E-state index contributed by atoms with van der Waals surface area (Å²) < 4.78 is 5.38. The van der Waals surface area contributed by atoms with Crippen molar-refractivity contribution in [2.45, 2.75) is 13.0 Å². The van der Waals surface area contributed by atoms with Crippen LogP contribution in [0.15, 0.2) is 48.5 Å². The highest BCUT2D eigenvalue weighted by atomic mass is 16.5. The SMILES string of the molecule is CC1COCCN1C(=O)c1ccc(-c2ccccc2C#N)cc1. The molecule has 0 aromatic heterocycles. The minimum Gasteiger partial charge on any atom is -0.377 e. The summed E-state index contributed by atoms with van der Waals surface area (Å²) in [5.74, 6) is 0.0286. The second kappa shape index (κ2) is 6.64. The number of nitrogens with zero attached hydrogens (tertiary/aromatic N) is 2. The summed E-state index contributed by atoms with van der Waals surface area (Å²) in [4.78, 5) is 14.4. The molecular weight excluding hydrogens is 288 g/mol. The molecule has 0 bridgehead atoms. The molecule has 116 valence electrons. The van der Waals surface area contributed by atoms with Gasteiger partial charge in [-0.2, -0.15) is 5.26 Å². The number of morpholine rings is 1. The van der Waals surface area contributed by atoms with Gasteiger partial charge in [0, 0.05) is 12.1 Å². The van der Waals surface area contributed by atoms with E-state index in [0.29, 0.717) is 30.9 Å². The summed E-state index contributed by atoms with van der Waals surface area (Å²) >= 11 is 0. The number of rotatable bonds is 2. The van der Waals surface area contributed by atoms with Gasteiger partial charge < -0.3 is 9.64 Å². The molecule has 4 nitrogen and oxygen atoms in total. The van der Waals surface area contributed by atoms with Crippen LogP contribution in [0.5, 0.6) is 0 Å². The van der Waals surface area contributed by atoms with E-state index in [-0.39, 0.29) is 11.9 Å². The van der Waals surface area contributed by atoms with Gasteiger partial charge in [-0.05, 0) is 36.2 Å². The lowest BCUT2D eigenvalue weighted by atomic mass is 9.99. The highest BCUT2D eigenvalue weighted by molar-refractivity contribution is 5.95. The standard InChI is InChI=1S/C19H18N2O2/c1-14-13-23-11-10-21(14)19(22)16-8-6-15(7-9-16)18-5-3-2-4-17(18)12-20/h2-9,14H,10-11,13H2,1H3. The van der Waals surface area contributed by atoms with E-state index in [1.165, 1.54) is 0 Å². The van der Waals surface area contributed by atoms with E-state index < -0.39 is 0 Å². The predicted octanol–water partition coefficient (Wildman–Crippen LogP) is 3.09. The monoisotopic (exact) mass is 306 g/mol. The van der Waals surface area contributed by atoms with Crippen LogP contribution in [0.25, 0.3) is 11.1 Å². The van der Waals surface area contributed by atoms with Crippen molar-refractivity contribution in [2.24, 2.45) is 0 Å². The van der Waals surface area contributed by atoms with Gasteiger partial charge >= 0.3 is 0 Å². The van der Waals surface area contributed by atoms with Gasteiger partial charge in [0.25, 0.3) is 5.91 Å². The van der Waals surface area contributed by atoms with E-state index >= 15 is 0 Å². The third-order valence-electron chi connectivity index (χ3n) is 4.12. The molecule has 1 aliphatic rings. The first kappa shape index (κ1) is 15.3. The molecule has 0 saturated carbocycles. The number of hydrogen-bond donors (Lipinski definition) is 0. The zero-order chi connectivity index (χ0) is 16.2. The van der Waals surface area contributed by atoms with Crippen molar-refractivity contribution < 1.29 is 9.53 Å². The van der Waals surface area contributed by atoms with Crippen molar-refractivity contribution in [3.63, 3.8) is 0 Å². The number of carbonyl (C=O) groups excluding carboxylic acids is 1. The van der Waals surface area contributed by atoms with Crippen LogP contribution in [-0.4, -0.2) is 36.6 Å². The fourth-order valence-electron chi connectivity index (χ4n) is 2.82. The zero-order valence-corrected chi connectivity index (χ0v) is 13.0. The molecule has 1 unspecified atom stereocenters. The average Bonchev–Trinajstić information content (AvgIpc) is 2.61. The first-order valence-corrected chi connectivity index (χ1v) is 7.69. The first-order chi connectivity index (χ1) is 11.2. The fourth-order valence-corrected chi connectivity index (χ4v) is 2.82. The topological polar surface area (TPSA) is 53.3 Å². The highest BCUT2D eigenvalue weighted by Gasteiger charge is 2.24. The second-order valence-electron chi connectivity index (χ2n) is 5.66. The Morgan fingerprint density at radius 3 is 2.65 bits per heavy atom. The van der Waals surface area contributed by atoms with Crippen molar-refractivity contribution in [1.82, 2.24) is 4.90 Å². The molecular formula is C19H18N2O2. The Morgan fingerprint density at radius 2 is 1.96 bits per heavy atom. The van der Waals surface area contributed by atoms with Crippen molar-refractivity contribution in [2.75, 3.05) is 19.8 Å². The molecule has 1 atom stereocenters. The van der Waals surface area contributed by atoms with Gasteiger partial charge in [-0.15, -0.1) is 0 Å². The summed E-state index contributed by atoms with van der Waals surface area (Å²) in [6, 6.07) is 17.2. The lowest BCUT2D eigenvalue weighted by Crippen LogP contribution is -2.47. The maximum Gasteiger partial charge on any atom is 0.254 e. The Kier molecular flexibility index (Phi) is 4.40. The Hall–Kier alpha value is -2.64. The summed E-state index contributed by atoms with van der Waals surface area (Å²) in [5, 5.41) is 9.20. The Labute approximate surface area is 135 Å². The van der Waals surface area contributed by atoms with Crippen molar-refractivity contribution in [3.8, 4) is 17.2 Å². The van der Waals surface area contributed by atoms with Gasteiger partial charge in [0.15, 0.2) is 0 Å². The van der Waals surface area contributed by atoms with Gasteiger partial charge in [0.05, 0.1) is 30.9 Å². The van der Waals surface area contributed by atoms with Crippen LogP contribution in [-0.2, 0) is 4.74 Å². The van der Waals surface area contributed by atoms with Crippen LogP contribution in [0.1, 0.15) is 22.8 Å². The van der Waals surface area contributed by atoms with Crippen molar-refractivity contribution >= 4 is 5.91 Å². The third-order valence-corrected chi connectivity index (χ3v) is 4.12. The zero-order valence-electron chi connectivity index (χ0n) is 13.0. The molecule has 0 spiro atoms. The normalized spacial score (nSPS) is 17.6. The molecule has 0 aliphatic carbocycles. The maximum atomic E-state index is 12.6. The van der Waals surface area contributed by atoms with Crippen molar-refractivity contribution in [1.29, 1.82) is 5.26 Å². The summed E-state index contributed by atoms with van der Waals surface area (Å²) in [6.07, 6.45) is 0. The third kappa shape index (κ3) is 3.10.